The van der Waals surface area contributed by atoms with Crippen LogP contribution in [-0.2, 0) is 6.18 Å². The Morgan fingerprint density at radius 2 is 1.81 bits per heavy atom. The van der Waals surface area contributed by atoms with Crippen LogP contribution in [0.4, 0.5) is 22.0 Å². The molecule has 0 aliphatic carbocycles. The number of benzene rings is 1. The van der Waals surface area contributed by atoms with E-state index in [1.54, 1.807) is 0 Å². The molecule has 0 spiro atoms. The third-order valence-corrected chi connectivity index (χ3v) is 2.10. The smallest absolute Gasteiger partial charge is 0.398 e. The van der Waals surface area contributed by atoms with Crippen molar-refractivity contribution in [3.05, 3.63) is 40.3 Å². The lowest BCUT2D eigenvalue weighted by Gasteiger charge is -2.12. The second-order valence-corrected chi connectivity index (χ2v) is 3.12. The van der Waals surface area contributed by atoms with E-state index in [-0.39, 0.29) is 5.70 Å². The number of alkyl halides is 3. The average molecular weight is 255 g/mol. The Morgan fingerprint density at radius 1 is 1.25 bits per heavy atom. The van der Waals surface area contributed by atoms with Crippen LogP contribution in [-0.4, -0.2) is 0 Å². The van der Waals surface area contributed by atoms with Gasteiger partial charge in [0.15, 0.2) is 0 Å². The van der Waals surface area contributed by atoms with Crippen molar-refractivity contribution in [3.8, 4) is 0 Å². The maximum atomic E-state index is 13.4. The summed E-state index contributed by atoms with van der Waals surface area (Å²) in [5, 5.41) is 0.927. The van der Waals surface area contributed by atoms with Gasteiger partial charge in [-0.25, -0.2) is 8.78 Å². The molecule has 0 aliphatic heterocycles. The van der Waals surface area contributed by atoms with Crippen LogP contribution in [0.1, 0.15) is 11.1 Å². The number of hydrogen-bond donors (Lipinski definition) is 2. The predicted octanol–water partition coefficient (Wildman–Crippen LogP) is 3.17. The lowest BCUT2D eigenvalue weighted by molar-refractivity contribution is -0.142. The van der Waals surface area contributed by atoms with Gasteiger partial charge in [-0.3, -0.25) is 0 Å². The van der Waals surface area contributed by atoms with E-state index >= 15 is 0 Å². The first kappa shape index (κ1) is 12.8. The first-order valence-corrected chi connectivity index (χ1v) is 4.46. The summed E-state index contributed by atoms with van der Waals surface area (Å²) >= 11 is 3.58. The Kier molecular flexibility index (Phi) is 3.47. The molecule has 88 valence electrons. The number of thiol groups is 1. The van der Waals surface area contributed by atoms with Gasteiger partial charge in [-0.15, -0.1) is 12.6 Å². The molecule has 16 heavy (non-hydrogen) atoms. The third-order valence-electron chi connectivity index (χ3n) is 1.82. The summed E-state index contributed by atoms with van der Waals surface area (Å²) in [7, 11) is 0. The molecule has 0 radical (unpaired) electrons. The van der Waals surface area contributed by atoms with E-state index < -0.39 is 28.9 Å². The molecule has 1 nitrogen and oxygen atoms in total. The molecule has 0 amide bonds. The number of halogens is 5. The van der Waals surface area contributed by atoms with E-state index in [9.17, 15) is 22.0 Å². The zero-order valence-electron chi connectivity index (χ0n) is 7.65. The Morgan fingerprint density at radius 3 is 2.25 bits per heavy atom. The van der Waals surface area contributed by atoms with Crippen molar-refractivity contribution < 1.29 is 22.0 Å². The van der Waals surface area contributed by atoms with Crippen molar-refractivity contribution in [1.82, 2.24) is 0 Å². The Labute approximate surface area is 93.2 Å². The lowest BCUT2D eigenvalue weighted by Crippen LogP contribution is -2.14. The van der Waals surface area contributed by atoms with Crippen LogP contribution in [0.5, 0.6) is 0 Å². The molecule has 0 unspecified atom stereocenters. The van der Waals surface area contributed by atoms with E-state index in [0.717, 1.165) is 11.5 Å². The molecule has 0 bridgehead atoms. The maximum Gasteiger partial charge on any atom is 0.422 e. The zero-order valence-corrected chi connectivity index (χ0v) is 8.54. The lowest BCUT2D eigenvalue weighted by atomic mass is 10.1. The molecular formula is C9H6F5NS. The molecule has 0 saturated carbocycles. The number of rotatable bonds is 1. The maximum absolute atomic E-state index is 13.4. The predicted molar refractivity (Wildman–Crippen MR) is 52.5 cm³/mol. The van der Waals surface area contributed by atoms with Crippen molar-refractivity contribution in [3.63, 3.8) is 0 Å². The fourth-order valence-electron chi connectivity index (χ4n) is 1.10. The summed E-state index contributed by atoms with van der Waals surface area (Å²) in [6.07, 6.45) is -5.11. The normalized spacial score (nSPS) is 13.0. The van der Waals surface area contributed by atoms with Crippen molar-refractivity contribution in [1.29, 1.82) is 0 Å². The topological polar surface area (TPSA) is 26.0 Å². The summed E-state index contributed by atoms with van der Waals surface area (Å²) in [6.45, 7) is 0. The summed E-state index contributed by atoms with van der Waals surface area (Å²) in [4.78, 5) is 0. The van der Waals surface area contributed by atoms with E-state index in [4.69, 9.17) is 5.73 Å². The van der Waals surface area contributed by atoms with Crippen LogP contribution in [0, 0.1) is 11.6 Å². The van der Waals surface area contributed by atoms with Gasteiger partial charge < -0.3 is 5.73 Å². The monoisotopic (exact) mass is 255 g/mol. The number of nitrogens with two attached hydrogens (primary N) is 1. The minimum atomic E-state index is -5.11. The Balaban J connectivity index is 3.51. The molecule has 7 heteroatoms. The summed E-state index contributed by atoms with van der Waals surface area (Å²) < 4.78 is 63.1. The second-order valence-electron chi connectivity index (χ2n) is 2.87. The quantitative estimate of drug-likeness (QED) is 0.585. The Bertz CT molecular complexity index is 438. The van der Waals surface area contributed by atoms with Gasteiger partial charge in [-0.05, 0) is 17.5 Å². The van der Waals surface area contributed by atoms with Crippen molar-refractivity contribution in [2.75, 3.05) is 0 Å². The second kappa shape index (κ2) is 4.32. The van der Waals surface area contributed by atoms with Gasteiger partial charge in [0.25, 0.3) is 0 Å². The highest BCUT2D eigenvalue weighted by Crippen LogP contribution is 2.35. The minimum Gasteiger partial charge on any atom is -0.398 e. The highest BCUT2D eigenvalue weighted by Gasteiger charge is 2.38. The molecule has 0 fully saturated rings. The van der Waals surface area contributed by atoms with Gasteiger partial charge in [0.1, 0.15) is 17.2 Å². The van der Waals surface area contributed by atoms with Gasteiger partial charge in [0.05, 0.1) is 0 Å². The van der Waals surface area contributed by atoms with Gasteiger partial charge in [-0.2, -0.15) is 13.2 Å². The van der Waals surface area contributed by atoms with Crippen LogP contribution in [0.3, 0.4) is 0 Å². The van der Waals surface area contributed by atoms with Crippen LogP contribution in [0.15, 0.2) is 17.5 Å². The fourth-order valence-corrected chi connectivity index (χ4v) is 1.24. The molecule has 0 aliphatic rings. The van der Waals surface area contributed by atoms with Crippen molar-refractivity contribution in [2.24, 2.45) is 5.73 Å². The summed E-state index contributed by atoms with van der Waals surface area (Å²) in [6, 6.07) is 1.33. The van der Waals surface area contributed by atoms with E-state index in [0.29, 0.717) is 6.07 Å². The third kappa shape index (κ3) is 2.29. The molecule has 0 heterocycles. The molecule has 2 N–H and O–H groups in total. The van der Waals surface area contributed by atoms with Gasteiger partial charge in [0, 0.05) is 11.3 Å². The van der Waals surface area contributed by atoms with E-state index in [1.165, 1.54) is 0 Å². The molecule has 0 aromatic heterocycles. The molecular weight excluding hydrogens is 249 g/mol. The molecule has 1 aromatic rings. The highest BCUT2D eigenvalue weighted by atomic mass is 32.1. The summed E-state index contributed by atoms with van der Waals surface area (Å²) in [5.41, 5.74) is 2.41. The van der Waals surface area contributed by atoms with Crippen molar-refractivity contribution in [2.45, 2.75) is 6.18 Å². The molecule has 1 aromatic carbocycles. The molecule has 0 atom stereocenters. The molecule has 1 rings (SSSR count). The first-order valence-electron chi connectivity index (χ1n) is 3.94. The van der Waals surface area contributed by atoms with Crippen LogP contribution in [0.25, 0.3) is 5.70 Å². The van der Waals surface area contributed by atoms with Gasteiger partial charge in [0.2, 0.25) is 0 Å². The summed E-state index contributed by atoms with van der Waals surface area (Å²) in [5.74, 6) is -3.42. The standard InChI is InChI=1S/C9H6F5NS/c10-5-2-1-4(6(15)3-16)8(11)7(5)9(12,13)14/h1-3,16H,15H2/b6-3-. The van der Waals surface area contributed by atoms with E-state index in [2.05, 4.69) is 12.6 Å². The highest BCUT2D eigenvalue weighted by molar-refractivity contribution is 7.83. The zero-order chi connectivity index (χ0) is 12.5. The Hall–Kier alpha value is -1.24. The van der Waals surface area contributed by atoms with Crippen LogP contribution >= 0.6 is 12.6 Å². The van der Waals surface area contributed by atoms with Crippen LogP contribution in [0.2, 0.25) is 0 Å². The first-order chi connectivity index (χ1) is 7.29. The largest absolute Gasteiger partial charge is 0.422 e. The number of hydrogen-bond acceptors (Lipinski definition) is 2. The van der Waals surface area contributed by atoms with Gasteiger partial charge in [-0.1, -0.05) is 0 Å². The van der Waals surface area contributed by atoms with E-state index in [1.807, 2.05) is 0 Å². The SMILES string of the molecule is N/C(=C\S)c1ccc(F)c(C(F)(F)F)c1F. The minimum absolute atomic E-state index is 0.314. The average Bonchev–Trinajstić information content (AvgIpc) is 2.14. The molecule has 0 saturated heterocycles. The van der Waals surface area contributed by atoms with Crippen molar-refractivity contribution >= 4 is 18.3 Å². The van der Waals surface area contributed by atoms with Crippen LogP contribution < -0.4 is 5.73 Å². The van der Waals surface area contributed by atoms with Gasteiger partial charge >= 0.3 is 6.18 Å². The fraction of sp³-hybridized carbons (Fsp3) is 0.111.